The number of benzene rings is 1. The SMILES string of the molecule is Cc1cc(OCCCC2CCN(c3nc(C(C)C)no3)CC2)ccc1C(=O)NC1CCCNC1=O. The Morgan fingerprint density at radius 1 is 1.29 bits per heavy atom. The van der Waals surface area contributed by atoms with E-state index in [-0.39, 0.29) is 17.7 Å². The minimum atomic E-state index is -0.456. The summed E-state index contributed by atoms with van der Waals surface area (Å²) in [5.74, 6) is 2.15. The van der Waals surface area contributed by atoms with E-state index in [1.165, 1.54) is 0 Å². The van der Waals surface area contributed by atoms with Crippen LogP contribution in [-0.4, -0.2) is 54.2 Å². The molecule has 0 spiro atoms. The van der Waals surface area contributed by atoms with E-state index in [1.54, 1.807) is 6.07 Å². The van der Waals surface area contributed by atoms with Crippen molar-refractivity contribution in [1.82, 2.24) is 20.8 Å². The predicted molar refractivity (Wildman–Crippen MR) is 133 cm³/mol. The number of carbonyl (C=O) groups excluding carboxylic acids is 2. The molecule has 0 radical (unpaired) electrons. The van der Waals surface area contributed by atoms with Crippen molar-refractivity contribution in [2.24, 2.45) is 5.92 Å². The number of hydrogen-bond acceptors (Lipinski definition) is 7. The highest BCUT2D eigenvalue weighted by Crippen LogP contribution is 2.26. The van der Waals surface area contributed by atoms with Crippen molar-refractivity contribution < 1.29 is 18.8 Å². The third-order valence-electron chi connectivity index (χ3n) is 6.89. The highest BCUT2D eigenvalue weighted by Gasteiger charge is 2.25. The van der Waals surface area contributed by atoms with Crippen molar-refractivity contribution >= 4 is 17.8 Å². The molecule has 2 fully saturated rings. The lowest BCUT2D eigenvalue weighted by Crippen LogP contribution is -2.50. The van der Waals surface area contributed by atoms with Crippen LogP contribution in [0.15, 0.2) is 22.7 Å². The molecular weight excluding hydrogens is 446 g/mol. The fraction of sp³-hybridized carbons (Fsp3) is 0.615. The van der Waals surface area contributed by atoms with Crippen molar-refractivity contribution in [3.05, 3.63) is 35.2 Å². The number of ether oxygens (including phenoxy) is 1. The number of hydrogen-bond donors (Lipinski definition) is 2. The molecule has 3 heterocycles. The Bertz CT molecular complexity index is 1010. The average molecular weight is 484 g/mol. The van der Waals surface area contributed by atoms with Crippen LogP contribution in [0.1, 0.15) is 80.0 Å². The molecule has 2 aliphatic heterocycles. The summed E-state index contributed by atoms with van der Waals surface area (Å²) in [6.45, 7) is 9.23. The van der Waals surface area contributed by atoms with Crippen molar-refractivity contribution in [3.8, 4) is 5.75 Å². The fourth-order valence-electron chi connectivity index (χ4n) is 4.69. The van der Waals surface area contributed by atoms with Gasteiger partial charge < -0.3 is 24.8 Å². The molecule has 0 bridgehead atoms. The maximum Gasteiger partial charge on any atom is 0.324 e. The second-order valence-electron chi connectivity index (χ2n) is 9.95. The van der Waals surface area contributed by atoms with Crippen LogP contribution in [0, 0.1) is 12.8 Å². The van der Waals surface area contributed by atoms with Crippen LogP contribution in [-0.2, 0) is 4.79 Å². The zero-order valence-corrected chi connectivity index (χ0v) is 21.0. The number of aryl methyl sites for hydroxylation is 1. The van der Waals surface area contributed by atoms with Gasteiger partial charge in [0.15, 0.2) is 5.82 Å². The number of piperidine rings is 2. The molecule has 190 valence electrons. The molecule has 1 atom stereocenters. The Balaban J connectivity index is 1.17. The Hall–Kier alpha value is -3.10. The highest BCUT2D eigenvalue weighted by molar-refractivity contribution is 5.98. The van der Waals surface area contributed by atoms with E-state index < -0.39 is 6.04 Å². The van der Waals surface area contributed by atoms with E-state index in [2.05, 4.69) is 39.5 Å². The van der Waals surface area contributed by atoms with Gasteiger partial charge in [0.2, 0.25) is 5.91 Å². The van der Waals surface area contributed by atoms with Gasteiger partial charge in [-0.15, -0.1) is 0 Å². The van der Waals surface area contributed by atoms with Gasteiger partial charge in [0, 0.05) is 31.1 Å². The minimum Gasteiger partial charge on any atom is -0.494 e. The first-order chi connectivity index (χ1) is 16.9. The van der Waals surface area contributed by atoms with Gasteiger partial charge in [-0.2, -0.15) is 4.98 Å². The summed E-state index contributed by atoms with van der Waals surface area (Å²) >= 11 is 0. The normalized spacial score (nSPS) is 19.0. The number of nitrogens with one attached hydrogen (secondary N) is 2. The van der Waals surface area contributed by atoms with Crippen molar-refractivity contribution in [1.29, 1.82) is 0 Å². The molecule has 1 aromatic heterocycles. The summed E-state index contributed by atoms with van der Waals surface area (Å²) < 4.78 is 11.4. The molecule has 4 rings (SSSR count). The molecule has 9 nitrogen and oxygen atoms in total. The third kappa shape index (κ3) is 6.52. The van der Waals surface area contributed by atoms with Gasteiger partial charge in [-0.25, -0.2) is 0 Å². The molecule has 1 aromatic carbocycles. The van der Waals surface area contributed by atoms with E-state index >= 15 is 0 Å². The van der Waals surface area contributed by atoms with Crippen LogP contribution in [0.4, 0.5) is 6.01 Å². The van der Waals surface area contributed by atoms with Crippen LogP contribution in [0.2, 0.25) is 0 Å². The van der Waals surface area contributed by atoms with Crippen LogP contribution >= 0.6 is 0 Å². The molecule has 2 amide bonds. The number of anilines is 1. The fourth-order valence-corrected chi connectivity index (χ4v) is 4.69. The van der Waals surface area contributed by atoms with E-state index in [4.69, 9.17) is 9.26 Å². The lowest BCUT2D eigenvalue weighted by Gasteiger charge is -2.30. The van der Waals surface area contributed by atoms with Crippen molar-refractivity contribution in [2.45, 2.75) is 71.3 Å². The second-order valence-corrected chi connectivity index (χ2v) is 9.95. The molecule has 9 heteroatoms. The van der Waals surface area contributed by atoms with E-state index in [0.717, 1.165) is 62.3 Å². The van der Waals surface area contributed by atoms with Gasteiger partial charge in [-0.05, 0) is 75.1 Å². The zero-order chi connectivity index (χ0) is 24.8. The third-order valence-corrected chi connectivity index (χ3v) is 6.89. The van der Waals surface area contributed by atoms with E-state index in [1.807, 2.05) is 19.1 Å². The van der Waals surface area contributed by atoms with Crippen molar-refractivity contribution in [2.75, 3.05) is 31.1 Å². The zero-order valence-electron chi connectivity index (χ0n) is 21.0. The molecule has 0 aliphatic carbocycles. The highest BCUT2D eigenvalue weighted by atomic mass is 16.5. The molecule has 2 saturated heterocycles. The lowest BCUT2D eigenvalue weighted by atomic mass is 9.92. The van der Waals surface area contributed by atoms with Crippen LogP contribution in [0.5, 0.6) is 5.75 Å². The van der Waals surface area contributed by atoms with Gasteiger partial charge in [0.05, 0.1) is 6.61 Å². The molecule has 0 saturated carbocycles. The first kappa shape index (κ1) is 25.0. The number of aromatic nitrogens is 2. The summed E-state index contributed by atoms with van der Waals surface area (Å²) in [5, 5.41) is 9.71. The summed E-state index contributed by atoms with van der Waals surface area (Å²) in [7, 11) is 0. The maximum absolute atomic E-state index is 12.6. The number of carbonyl (C=O) groups is 2. The second kappa shape index (κ2) is 11.6. The van der Waals surface area contributed by atoms with Gasteiger partial charge in [-0.3, -0.25) is 9.59 Å². The van der Waals surface area contributed by atoms with Gasteiger partial charge in [-0.1, -0.05) is 19.0 Å². The van der Waals surface area contributed by atoms with Crippen LogP contribution in [0.25, 0.3) is 0 Å². The number of rotatable bonds is 9. The van der Waals surface area contributed by atoms with Crippen LogP contribution < -0.4 is 20.3 Å². The summed E-state index contributed by atoms with van der Waals surface area (Å²) in [4.78, 5) is 31.2. The molecule has 1 unspecified atom stereocenters. The van der Waals surface area contributed by atoms with Gasteiger partial charge in [0.1, 0.15) is 11.8 Å². The molecular formula is C26H37N5O4. The average Bonchev–Trinajstić information content (AvgIpc) is 3.34. The van der Waals surface area contributed by atoms with E-state index in [9.17, 15) is 9.59 Å². The molecule has 2 N–H and O–H groups in total. The Kier molecular flexibility index (Phi) is 8.25. The van der Waals surface area contributed by atoms with Gasteiger partial charge >= 0.3 is 6.01 Å². The quantitative estimate of drug-likeness (QED) is 0.525. The van der Waals surface area contributed by atoms with Crippen molar-refractivity contribution in [3.63, 3.8) is 0 Å². The van der Waals surface area contributed by atoms with E-state index in [0.29, 0.717) is 37.1 Å². The molecule has 35 heavy (non-hydrogen) atoms. The maximum atomic E-state index is 12.6. The van der Waals surface area contributed by atoms with Crippen LogP contribution in [0.3, 0.4) is 0 Å². The smallest absolute Gasteiger partial charge is 0.324 e. The standard InChI is InChI=1S/C26H37N5O4/c1-17(2)23-29-26(35-30-23)31-13-10-19(11-14-31)6-5-15-34-20-8-9-21(18(3)16-20)24(32)28-22-7-4-12-27-25(22)33/h8-9,16-17,19,22H,4-7,10-15H2,1-3H3,(H,27,33)(H,28,32). The molecule has 2 aromatic rings. The Morgan fingerprint density at radius 2 is 2.09 bits per heavy atom. The molecule has 2 aliphatic rings. The van der Waals surface area contributed by atoms with Gasteiger partial charge in [0.25, 0.3) is 5.91 Å². The lowest BCUT2D eigenvalue weighted by molar-refractivity contribution is -0.124. The summed E-state index contributed by atoms with van der Waals surface area (Å²) in [6.07, 6.45) is 5.88. The largest absolute Gasteiger partial charge is 0.494 e. The monoisotopic (exact) mass is 483 g/mol. The predicted octanol–water partition coefficient (Wildman–Crippen LogP) is 3.59. The minimum absolute atomic E-state index is 0.109. The number of amides is 2. The summed E-state index contributed by atoms with van der Waals surface area (Å²) in [5.41, 5.74) is 1.41. The first-order valence-electron chi connectivity index (χ1n) is 12.8. The summed E-state index contributed by atoms with van der Waals surface area (Å²) in [6, 6.07) is 5.69. The Morgan fingerprint density at radius 3 is 2.77 bits per heavy atom. The Labute approximate surface area is 207 Å². The number of nitrogens with zero attached hydrogens (tertiary/aromatic N) is 3. The topological polar surface area (TPSA) is 110 Å². The first-order valence-corrected chi connectivity index (χ1v) is 12.8.